The molecule has 0 radical (unpaired) electrons. The molecule has 1 saturated carbocycles. The molecule has 124 valence electrons. The molecule has 0 aromatic carbocycles. The fraction of sp³-hybridized carbons (Fsp3) is 0.550. The van der Waals surface area contributed by atoms with E-state index < -0.39 is 11.4 Å². The van der Waals surface area contributed by atoms with Gasteiger partial charge >= 0.3 is 5.97 Å². The van der Waals surface area contributed by atoms with Crippen LogP contribution < -0.4 is 0 Å². The Morgan fingerprint density at radius 1 is 1.39 bits per heavy atom. The average molecular weight is 314 g/mol. The normalized spacial score (nSPS) is 32.2. The van der Waals surface area contributed by atoms with Crippen LogP contribution in [0, 0.1) is 22.7 Å². The Labute approximate surface area is 138 Å². The van der Waals surface area contributed by atoms with Crippen LogP contribution in [0.1, 0.15) is 45.6 Å². The van der Waals surface area contributed by atoms with Crippen molar-refractivity contribution in [3.8, 4) is 0 Å². The number of carbonyl (C=O) groups is 1. The van der Waals surface area contributed by atoms with Crippen LogP contribution in [0.15, 0.2) is 46.8 Å². The van der Waals surface area contributed by atoms with Crippen LogP contribution >= 0.6 is 0 Å². The molecule has 2 aliphatic carbocycles. The highest BCUT2D eigenvalue weighted by Gasteiger charge is 2.58. The lowest BCUT2D eigenvalue weighted by Crippen LogP contribution is -2.53. The van der Waals surface area contributed by atoms with Gasteiger partial charge in [0.05, 0.1) is 17.9 Å². The van der Waals surface area contributed by atoms with E-state index in [1.165, 1.54) is 5.56 Å². The Kier molecular flexibility index (Phi) is 3.99. The molecule has 0 aliphatic heterocycles. The fourth-order valence-electron chi connectivity index (χ4n) is 4.55. The maximum absolute atomic E-state index is 12.2. The van der Waals surface area contributed by atoms with Crippen LogP contribution in [0.2, 0.25) is 0 Å². The summed E-state index contributed by atoms with van der Waals surface area (Å²) in [6.45, 7) is 6.20. The molecule has 1 aromatic heterocycles. The molecule has 3 nitrogen and oxygen atoms in total. The van der Waals surface area contributed by atoms with E-state index in [2.05, 4.69) is 26.0 Å². The molecule has 1 aromatic rings. The number of allylic oxidation sites excluding steroid dienone is 3. The maximum Gasteiger partial charge on any atom is 0.314 e. The standard InChI is InChI=1S/C20H26O3/c1-19(2)16(9-8-14-10-11-23-13-14)12-15-6-4-5-7-17(15)20(19,3)18(21)22/h4-5,7,10-11,13,15-16H,6,8-9,12H2,1-3H3,(H,21,22). The predicted molar refractivity (Wildman–Crippen MR) is 90.0 cm³/mol. The van der Waals surface area contributed by atoms with E-state index >= 15 is 0 Å². The third-order valence-corrected chi connectivity index (χ3v) is 6.52. The molecule has 3 unspecified atom stereocenters. The van der Waals surface area contributed by atoms with Crippen molar-refractivity contribution in [1.82, 2.24) is 0 Å². The van der Waals surface area contributed by atoms with Gasteiger partial charge in [0.1, 0.15) is 0 Å². The first-order valence-electron chi connectivity index (χ1n) is 8.49. The van der Waals surface area contributed by atoms with E-state index in [1.54, 1.807) is 12.5 Å². The summed E-state index contributed by atoms with van der Waals surface area (Å²) >= 11 is 0. The number of furan rings is 1. The summed E-state index contributed by atoms with van der Waals surface area (Å²) in [6.07, 6.45) is 13.7. The van der Waals surface area contributed by atoms with Crippen molar-refractivity contribution in [2.24, 2.45) is 22.7 Å². The molecule has 3 heteroatoms. The maximum atomic E-state index is 12.2. The van der Waals surface area contributed by atoms with E-state index in [-0.39, 0.29) is 5.41 Å². The van der Waals surface area contributed by atoms with Gasteiger partial charge in [-0.3, -0.25) is 4.79 Å². The molecule has 0 saturated heterocycles. The minimum absolute atomic E-state index is 0.282. The first kappa shape index (κ1) is 16.1. The molecule has 3 rings (SSSR count). The molecule has 0 amide bonds. The zero-order chi connectivity index (χ0) is 16.7. The van der Waals surface area contributed by atoms with Crippen LogP contribution in [-0.2, 0) is 11.2 Å². The highest BCUT2D eigenvalue weighted by molar-refractivity contribution is 5.80. The number of carboxylic acid groups (broad SMARTS) is 1. The Balaban J connectivity index is 1.91. The van der Waals surface area contributed by atoms with E-state index in [0.717, 1.165) is 31.3 Å². The van der Waals surface area contributed by atoms with Gasteiger partial charge in [0.2, 0.25) is 0 Å². The van der Waals surface area contributed by atoms with Crippen LogP contribution in [0.3, 0.4) is 0 Å². The molecular formula is C20H26O3. The molecule has 1 fully saturated rings. The van der Waals surface area contributed by atoms with Crippen LogP contribution in [0.4, 0.5) is 0 Å². The molecule has 23 heavy (non-hydrogen) atoms. The Morgan fingerprint density at radius 2 is 2.17 bits per heavy atom. The Bertz CT molecular complexity index is 636. The first-order valence-corrected chi connectivity index (χ1v) is 8.49. The van der Waals surface area contributed by atoms with Crippen molar-refractivity contribution in [2.75, 3.05) is 0 Å². The monoisotopic (exact) mass is 314 g/mol. The van der Waals surface area contributed by atoms with Gasteiger partial charge < -0.3 is 9.52 Å². The molecular weight excluding hydrogens is 288 g/mol. The van der Waals surface area contributed by atoms with Crippen molar-refractivity contribution >= 4 is 5.97 Å². The number of aryl methyl sites for hydroxylation is 1. The quantitative estimate of drug-likeness (QED) is 0.864. The number of hydrogen-bond donors (Lipinski definition) is 1. The Morgan fingerprint density at radius 3 is 2.83 bits per heavy atom. The van der Waals surface area contributed by atoms with Gasteiger partial charge in [-0.15, -0.1) is 0 Å². The largest absolute Gasteiger partial charge is 0.481 e. The lowest BCUT2D eigenvalue weighted by molar-refractivity contribution is -0.158. The van der Waals surface area contributed by atoms with Gasteiger partial charge in [0.15, 0.2) is 0 Å². The average Bonchev–Trinajstić information content (AvgIpc) is 3.02. The second-order valence-corrected chi connectivity index (χ2v) is 7.74. The van der Waals surface area contributed by atoms with Gasteiger partial charge in [0.25, 0.3) is 0 Å². The number of hydrogen-bond acceptors (Lipinski definition) is 2. The summed E-state index contributed by atoms with van der Waals surface area (Å²) in [5, 5.41) is 10.1. The van der Waals surface area contributed by atoms with Crippen molar-refractivity contribution in [1.29, 1.82) is 0 Å². The number of aliphatic carboxylic acids is 1. The van der Waals surface area contributed by atoms with Crippen LogP contribution in [-0.4, -0.2) is 11.1 Å². The molecule has 1 heterocycles. The second kappa shape index (κ2) is 5.70. The van der Waals surface area contributed by atoms with Crippen molar-refractivity contribution in [3.63, 3.8) is 0 Å². The smallest absolute Gasteiger partial charge is 0.314 e. The fourth-order valence-corrected chi connectivity index (χ4v) is 4.55. The topological polar surface area (TPSA) is 50.4 Å². The molecule has 3 atom stereocenters. The number of rotatable bonds is 4. The highest BCUT2D eigenvalue weighted by Crippen LogP contribution is 2.60. The summed E-state index contributed by atoms with van der Waals surface area (Å²) in [5.41, 5.74) is 1.22. The molecule has 0 bridgehead atoms. The zero-order valence-electron chi connectivity index (χ0n) is 14.2. The number of carboxylic acids is 1. The van der Waals surface area contributed by atoms with Gasteiger partial charge in [-0.1, -0.05) is 32.1 Å². The van der Waals surface area contributed by atoms with E-state index in [0.29, 0.717) is 11.8 Å². The van der Waals surface area contributed by atoms with E-state index in [1.807, 2.05) is 19.1 Å². The minimum atomic E-state index is -0.804. The third-order valence-electron chi connectivity index (χ3n) is 6.52. The van der Waals surface area contributed by atoms with Crippen LogP contribution in [0.25, 0.3) is 0 Å². The van der Waals surface area contributed by atoms with Crippen molar-refractivity contribution < 1.29 is 14.3 Å². The molecule has 0 spiro atoms. The second-order valence-electron chi connectivity index (χ2n) is 7.74. The van der Waals surface area contributed by atoms with E-state index in [4.69, 9.17) is 4.42 Å². The van der Waals surface area contributed by atoms with Gasteiger partial charge in [-0.25, -0.2) is 0 Å². The molecule has 2 aliphatic rings. The minimum Gasteiger partial charge on any atom is -0.481 e. The summed E-state index contributed by atoms with van der Waals surface area (Å²) in [6, 6.07) is 2.00. The van der Waals surface area contributed by atoms with Crippen LogP contribution in [0.5, 0.6) is 0 Å². The lowest BCUT2D eigenvalue weighted by Gasteiger charge is -2.55. The first-order chi connectivity index (χ1) is 10.9. The number of fused-ring (bicyclic) bond motifs is 1. The summed E-state index contributed by atoms with van der Waals surface area (Å²) < 4.78 is 5.16. The molecule has 1 N–H and O–H groups in total. The van der Waals surface area contributed by atoms with Gasteiger partial charge in [-0.2, -0.15) is 0 Å². The third kappa shape index (κ3) is 2.46. The van der Waals surface area contributed by atoms with Gasteiger partial charge in [-0.05, 0) is 67.1 Å². The summed E-state index contributed by atoms with van der Waals surface area (Å²) in [7, 11) is 0. The lowest BCUT2D eigenvalue weighted by atomic mass is 9.48. The van der Waals surface area contributed by atoms with E-state index in [9.17, 15) is 9.90 Å². The Hall–Kier alpha value is -1.77. The van der Waals surface area contributed by atoms with Crippen molar-refractivity contribution in [2.45, 2.75) is 46.5 Å². The zero-order valence-corrected chi connectivity index (χ0v) is 14.2. The summed E-state index contributed by atoms with van der Waals surface area (Å²) in [4.78, 5) is 12.2. The highest BCUT2D eigenvalue weighted by atomic mass is 16.4. The summed E-state index contributed by atoms with van der Waals surface area (Å²) in [5.74, 6) is 0.0534. The SMILES string of the molecule is CC1(C(=O)O)C2=CC=CCC2CC(CCc2ccoc2)C1(C)C. The van der Waals surface area contributed by atoms with Gasteiger partial charge in [0, 0.05) is 0 Å². The van der Waals surface area contributed by atoms with Crippen molar-refractivity contribution in [3.05, 3.63) is 48.0 Å². The predicted octanol–water partition coefficient (Wildman–Crippen LogP) is 4.85.